The average molecular weight is 300 g/mol. The van der Waals surface area contributed by atoms with Crippen molar-refractivity contribution in [1.82, 2.24) is 10.2 Å². The first kappa shape index (κ1) is 13.2. The van der Waals surface area contributed by atoms with Crippen molar-refractivity contribution >= 4 is 5.97 Å². The normalized spacial score (nSPS) is 18.0. The van der Waals surface area contributed by atoms with Gasteiger partial charge in [0.2, 0.25) is 0 Å². The molecule has 1 fully saturated rings. The van der Waals surface area contributed by atoms with Gasteiger partial charge in [0.05, 0.1) is 18.9 Å². The SMILES string of the molecule is Cc1cc2c(cc1-c1cc(C(=O)O)[nH]n1)OCC1(CC1)CO2. The number of nitrogens with one attached hydrogen (secondary N) is 1. The van der Waals surface area contributed by atoms with Gasteiger partial charge in [0, 0.05) is 11.0 Å². The van der Waals surface area contributed by atoms with Gasteiger partial charge in [0.1, 0.15) is 5.69 Å². The van der Waals surface area contributed by atoms with Gasteiger partial charge < -0.3 is 14.6 Å². The third-order valence-corrected chi connectivity index (χ3v) is 4.40. The summed E-state index contributed by atoms with van der Waals surface area (Å²) in [5, 5.41) is 15.6. The Morgan fingerprint density at radius 2 is 1.91 bits per heavy atom. The molecule has 6 nitrogen and oxygen atoms in total. The molecule has 2 N–H and O–H groups in total. The molecule has 1 aromatic heterocycles. The summed E-state index contributed by atoms with van der Waals surface area (Å²) in [6.07, 6.45) is 2.29. The lowest BCUT2D eigenvalue weighted by Gasteiger charge is -2.11. The van der Waals surface area contributed by atoms with Crippen molar-refractivity contribution in [3.63, 3.8) is 0 Å². The van der Waals surface area contributed by atoms with E-state index < -0.39 is 5.97 Å². The van der Waals surface area contributed by atoms with E-state index in [0.29, 0.717) is 24.7 Å². The van der Waals surface area contributed by atoms with Gasteiger partial charge in [0.25, 0.3) is 0 Å². The Balaban J connectivity index is 1.71. The Labute approximate surface area is 127 Å². The van der Waals surface area contributed by atoms with Crippen molar-refractivity contribution in [1.29, 1.82) is 0 Å². The first-order chi connectivity index (χ1) is 10.6. The minimum atomic E-state index is -1.03. The maximum Gasteiger partial charge on any atom is 0.353 e. The lowest BCUT2D eigenvalue weighted by atomic mass is 10.0. The first-order valence-electron chi connectivity index (χ1n) is 7.26. The molecule has 0 radical (unpaired) electrons. The molecule has 2 aromatic rings. The van der Waals surface area contributed by atoms with Crippen LogP contribution >= 0.6 is 0 Å². The van der Waals surface area contributed by atoms with Gasteiger partial charge in [-0.25, -0.2) is 4.79 Å². The van der Waals surface area contributed by atoms with Crippen LogP contribution in [-0.2, 0) is 0 Å². The summed E-state index contributed by atoms with van der Waals surface area (Å²) in [6.45, 7) is 3.32. The topological polar surface area (TPSA) is 84.4 Å². The summed E-state index contributed by atoms with van der Waals surface area (Å²) < 4.78 is 11.8. The highest BCUT2D eigenvalue weighted by Gasteiger charge is 2.46. The predicted molar refractivity (Wildman–Crippen MR) is 78.4 cm³/mol. The van der Waals surface area contributed by atoms with Gasteiger partial charge in [-0.3, -0.25) is 5.10 Å². The molecule has 0 amide bonds. The average Bonchev–Trinajstić information content (AvgIpc) is 3.14. The summed E-state index contributed by atoms with van der Waals surface area (Å²) in [4.78, 5) is 11.0. The molecular formula is C16H16N2O4. The molecular weight excluding hydrogens is 284 g/mol. The molecule has 1 aliphatic heterocycles. The molecule has 0 saturated heterocycles. The number of benzene rings is 1. The standard InChI is InChI=1S/C16H16N2O4/c1-9-4-13-14(22-8-16(2-3-16)7-21-13)5-10(9)11-6-12(15(19)20)18-17-11/h4-6H,2-3,7-8H2,1H3,(H,17,18)(H,19,20). The van der Waals surface area contributed by atoms with E-state index in [0.717, 1.165) is 29.7 Å². The zero-order chi connectivity index (χ0) is 15.3. The third kappa shape index (κ3) is 2.11. The maximum atomic E-state index is 11.0. The summed E-state index contributed by atoms with van der Waals surface area (Å²) in [5.41, 5.74) is 2.66. The molecule has 1 aliphatic carbocycles. The quantitative estimate of drug-likeness (QED) is 0.890. The lowest BCUT2D eigenvalue weighted by molar-refractivity contribution is 0.0690. The highest BCUT2D eigenvalue weighted by atomic mass is 16.5. The van der Waals surface area contributed by atoms with Crippen LogP contribution in [0.25, 0.3) is 11.3 Å². The van der Waals surface area contributed by atoms with Crippen LogP contribution in [0.1, 0.15) is 28.9 Å². The summed E-state index contributed by atoms with van der Waals surface area (Å²) in [6, 6.07) is 5.34. The van der Waals surface area contributed by atoms with Gasteiger partial charge in [-0.1, -0.05) is 0 Å². The fourth-order valence-corrected chi connectivity index (χ4v) is 2.70. The first-order valence-corrected chi connectivity index (χ1v) is 7.26. The highest BCUT2D eigenvalue weighted by molar-refractivity contribution is 5.87. The number of aromatic nitrogens is 2. The number of rotatable bonds is 2. The molecule has 0 atom stereocenters. The molecule has 1 saturated carbocycles. The molecule has 4 rings (SSSR count). The number of ether oxygens (including phenoxy) is 2. The van der Waals surface area contributed by atoms with Gasteiger partial charge in [-0.15, -0.1) is 0 Å². The highest BCUT2D eigenvalue weighted by Crippen LogP contribution is 2.49. The van der Waals surface area contributed by atoms with Crippen LogP contribution in [0.2, 0.25) is 0 Å². The number of hydrogen-bond donors (Lipinski definition) is 2. The van der Waals surface area contributed by atoms with Gasteiger partial charge in [0.15, 0.2) is 11.5 Å². The number of fused-ring (bicyclic) bond motifs is 1. The van der Waals surface area contributed by atoms with Crippen LogP contribution in [0.4, 0.5) is 0 Å². The molecule has 0 bridgehead atoms. The van der Waals surface area contributed by atoms with Gasteiger partial charge >= 0.3 is 5.97 Å². The molecule has 1 aromatic carbocycles. The van der Waals surface area contributed by atoms with Gasteiger partial charge in [-0.2, -0.15) is 5.10 Å². The summed E-state index contributed by atoms with van der Waals surface area (Å²) in [5.74, 6) is 0.421. The largest absolute Gasteiger partial charge is 0.489 e. The van der Waals surface area contributed by atoms with Crippen LogP contribution < -0.4 is 9.47 Å². The minimum absolute atomic E-state index is 0.0680. The van der Waals surface area contributed by atoms with Crippen LogP contribution in [-0.4, -0.2) is 34.5 Å². The van der Waals surface area contributed by atoms with Crippen molar-refractivity contribution < 1.29 is 19.4 Å². The second-order valence-electron chi connectivity index (χ2n) is 6.16. The fraction of sp³-hybridized carbons (Fsp3) is 0.375. The summed E-state index contributed by atoms with van der Waals surface area (Å²) in [7, 11) is 0. The number of aryl methyl sites for hydroxylation is 1. The molecule has 0 unspecified atom stereocenters. The monoisotopic (exact) mass is 300 g/mol. The zero-order valence-electron chi connectivity index (χ0n) is 12.2. The van der Waals surface area contributed by atoms with Crippen molar-refractivity contribution in [2.75, 3.05) is 13.2 Å². The number of hydrogen-bond acceptors (Lipinski definition) is 4. The molecule has 6 heteroatoms. The summed E-state index contributed by atoms with van der Waals surface area (Å²) >= 11 is 0. The lowest BCUT2D eigenvalue weighted by Crippen LogP contribution is -2.17. The Bertz CT molecular complexity index is 762. The van der Waals surface area contributed by atoms with E-state index in [1.807, 2.05) is 19.1 Å². The van der Waals surface area contributed by atoms with E-state index in [1.54, 1.807) is 0 Å². The van der Waals surface area contributed by atoms with Crippen molar-refractivity contribution in [2.24, 2.45) is 5.41 Å². The van der Waals surface area contributed by atoms with Crippen molar-refractivity contribution in [3.05, 3.63) is 29.5 Å². The Kier molecular flexibility index (Phi) is 2.69. The van der Waals surface area contributed by atoms with E-state index in [1.165, 1.54) is 6.07 Å². The van der Waals surface area contributed by atoms with Crippen LogP contribution in [0.3, 0.4) is 0 Å². The molecule has 22 heavy (non-hydrogen) atoms. The van der Waals surface area contributed by atoms with Crippen molar-refractivity contribution in [2.45, 2.75) is 19.8 Å². The van der Waals surface area contributed by atoms with E-state index in [9.17, 15) is 4.79 Å². The van der Waals surface area contributed by atoms with Crippen LogP contribution in [0.15, 0.2) is 18.2 Å². The minimum Gasteiger partial charge on any atom is -0.489 e. The fourth-order valence-electron chi connectivity index (χ4n) is 2.70. The maximum absolute atomic E-state index is 11.0. The molecule has 2 aliphatic rings. The van der Waals surface area contributed by atoms with E-state index >= 15 is 0 Å². The Morgan fingerprint density at radius 1 is 1.23 bits per heavy atom. The second-order valence-corrected chi connectivity index (χ2v) is 6.16. The van der Waals surface area contributed by atoms with E-state index in [4.69, 9.17) is 14.6 Å². The molecule has 114 valence electrons. The Hall–Kier alpha value is -2.50. The number of carbonyl (C=O) groups is 1. The van der Waals surface area contributed by atoms with Crippen LogP contribution in [0.5, 0.6) is 11.5 Å². The number of aromatic amines is 1. The van der Waals surface area contributed by atoms with E-state index in [-0.39, 0.29) is 11.1 Å². The number of nitrogens with zero attached hydrogens (tertiary/aromatic N) is 1. The Morgan fingerprint density at radius 3 is 2.50 bits per heavy atom. The second kappa shape index (κ2) is 4.50. The number of aromatic carboxylic acids is 1. The van der Waals surface area contributed by atoms with Crippen LogP contribution in [0, 0.1) is 12.3 Å². The third-order valence-electron chi connectivity index (χ3n) is 4.40. The predicted octanol–water partition coefficient (Wildman–Crippen LogP) is 2.63. The van der Waals surface area contributed by atoms with E-state index in [2.05, 4.69) is 10.2 Å². The zero-order valence-corrected chi connectivity index (χ0v) is 12.2. The molecule has 1 spiro atoms. The number of carboxylic acids is 1. The van der Waals surface area contributed by atoms with Gasteiger partial charge in [-0.05, 0) is 43.5 Å². The van der Waals surface area contributed by atoms with Crippen molar-refractivity contribution in [3.8, 4) is 22.8 Å². The molecule has 2 heterocycles. The number of H-pyrrole nitrogens is 1. The number of carboxylic acid groups (broad SMARTS) is 1. The smallest absolute Gasteiger partial charge is 0.353 e.